The first-order chi connectivity index (χ1) is 15.1. The summed E-state index contributed by atoms with van der Waals surface area (Å²) in [6, 6.07) is 4.81. The highest BCUT2D eigenvalue weighted by Gasteiger charge is 2.25. The van der Waals surface area contributed by atoms with Gasteiger partial charge in [0.15, 0.2) is 11.8 Å². The van der Waals surface area contributed by atoms with Crippen LogP contribution in [0.4, 0.5) is 0 Å². The maximum Gasteiger partial charge on any atom is 0.191 e. The van der Waals surface area contributed by atoms with Gasteiger partial charge in [-0.2, -0.15) is 5.10 Å². The topological polar surface area (TPSA) is 83.5 Å². The molecule has 1 saturated heterocycles. The minimum absolute atomic E-state index is 0.301. The number of nitrogens with one attached hydrogen (secondary N) is 2. The number of hydrogen-bond donors (Lipinski definition) is 2. The van der Waals surface area contributed by atoms with Crippen molar-refractivity contribution in [3.05, 3.63) is 35.8 Å². The summed E-state index contributed by atoms with van der Waals surface area (Å²) >= 11 is 0. The van der Waals surface area contributed by atoms with Gasteiger partial charge < -0.3 is 15.1 Å². The van der Waals surface area contributed by atoms with Crippen LogP contribution in [0.3, 0.4) is 0 Å². The van der Waals surface area contributed by atoms with Gasteiger partial charge in [-0.15, -0.1) is 0 Å². The van der Waals surface area contributed by atoms with Gasteiger partial charge in [0.2, 0.25) is 0 Å². The molecule has 0 spiro atoms. The molecule has 0 bridgehead atoms. The van der Waals surface area contributed by atoms with Crippen LogP contribution in [0.15, 0.2) is 27.8 Å². The van der Waals surface area contributed by atoms with Crippen molar-refractivity contribution in [3.63, 3.8) is 0 Å². The molecule has 2 N–H and O–H groups in total. The highest BCUT2D eigenvalue weighted by molar-refractivity contribution is 5.80. The zero-order valence-electron chi connectivity index (χ0n) is 19.2. The van der Waals surface area contributed by atoms with Crippen molar-refractivity contribution in [1.82, 2.24) is 30.3 Å². The molecular weight excluding hydrogens is 390 g/mol. The van der Waals surface area contributed by atoms with Crippen LogP contribution in [-0.4, -0.2) is 63.9 Å². The van der Waals surface area contributed by atoms with E-state index < -0.39 is 0 Å². The normalized spacial score (nSPS) is 22.1. The van der Waals surface area contributed by atoms with E-state index >= 15 is 0 Å². The van der Waals surface area contributed by atoms with Gasteiger partial charge in [0.1, 0.15) is 11.6 Å². The van der Waals surface area contributed by atoms with Crippen LogP contribution < -0.4 is 10.6 Å². The second-order valence-electron chi connectivity index (χ2n) is 8.97. The summed E-state index contributed by atoms with van der Waals surface area (Å²) < 4.78 is 7.55. The molecular formula is C23H37N7O. The Morgan fingerprint density at radius 2 is 2.26 bits per heavy atom. The Hall–Kier alpha value is -2.35. The number of aromatic nitrogens is 3. The molecule has 4 heterocycles. The number of fused-ring (bicyclic) bond motifs is 1. The van der Waals surface area contributed by atoms with Crippen molar-refractivity contribution < 1.29 is 4.42 Å². The third-order valence-electron chi connectivity index (χ3n) is 6.34. The fraction of sp³-hybridized carbons (Fsp3) is 0.696. The number of aryl methyl sites for hydroxylation is 1. The summed E-state index contributed by atoms with van der Waals surface area (Å²) in [6.07, 6.45) is 7.07. The SMILES string of the molecule is CCN1CCCC1CN=C(NCCc1ccco1)NC1CCc2nc(C(C)C)nn2C1. The Morgan fingerprint density at radius 3 is 3.03 bits per heavy atom. The number of rotatable bonds is 8. The van der Waals surface area contributed by atoms with Crippen LogP contribution in [0, 0.1) is 0 Å². The van der Waals surface area contributed by atoms with Gasteiger partial charge in [-0.05, 0) is 44.5 Å². The number of aliphatic imine (C=N–C) groups is 1. The monoisotopic (exact) mass is 427 g/mol. The van der Waals surface area contributed by atoms with Crippen molar-refractivity contribution in [3.8, 4) is 0 Å². The van der Waals surface area contributed by atoms with E-state index in [0.29, 0.717) is 18.0 Å². The number of likely N-dealkylation sites (N-methyl/N-ethyl adjacent to an activating group) is 1. The molecule has 0 aliphatic carbocycles. The fourth-order valence-corrected chi connectivity index (χ4v) is 4.51. The standard InChI is InChI=1S/C23H37N7O/c1-4-29-13-5-7-19(29)15-25-23(24-12-11-20-8-6-14-31-20)26-18-9-10-21-27-22(17(2)3)28-30(21)16-18/h6,8,14,17-19H,4-5,7,9-13,15-16H2,1-3H3,(H2,24,25,26). The van der Waals surface area contributed by atoms with Gasteiger partial charge in [-0.1, -0.05) is 20.8 Å². The Morgan fingerprint density at radius 1 is 1.35 bits per heavy atom. The highest BCUT2D eigenvalue weighted by atomic mass is 16.3. The predicted octanol–water partition coefficient (Wildman–Crippen LogP) is 2.57. The largest absolute Gasteiger partial charge is 0.469 e. The summed E-state index contributed by atoms with van der Waals surface area (Å²) in [5, 5.41) is 11.9. The molecule has 2 atom stereocenters. The fourth-order valence-electron chi connectivity index (χ4n) is 4.51. The molecule has 1 fully saturated rings. The zero-order valence-corrected chi connectivity index (χ0v) is 19.2. The van der Waals surface area contributed by atoms with E-state index in [0.717, 1.165) is 68.8 Å². The molecule has 2 unspecified atom stereocenters. The third kappa shape index (κ3) is 5.67. The van der Waals surface area contributed by atoms with Crippen molar-refractivity contribution in [2.45, 2.75) is 77.4 Å². The molecule has 4 rings (SSSR count). The van der Waals surface area contributed by atoms with Gasteiger partial charge in [-0.3, -0.25) is 9.89 Å². The molecule has 2 aromatic heterocycles. The molecule has 2 aliphatic heterocycles. The first kappa shape index (κ1) is 21.9. The molecule has 0 saturated carbocycles. The smallest absolute Gasteiger partial charge is 0.191 e. The molecule has 31 heavy (non-hydrogen) atoms. The second-order valence-corrected chi connectivity index (χ2v) is 8.97. The average molecular weight is 428 g/mol. The summed E-state index contributed by atoms with van der Waals surface area (Å²) in [6.45, 7) is 11.3. The number of hydrogen-bond acceptors (Lipinski definition) is 5. The van der Waals surface area contributed by atoms with E-state index in [1.165, 1.54) is 19.4 Å². The number of nitrogens with zero attached hydrogens (tertiary/aromatic N) is 5. The Labute approximate surface area is 185 Å². The van der Waals surface area contributed by atoms with E-state index in [2.05, 4.69) is 41.0 Å². The van der Waals surface area contributed by atoms with E-state index in [1.807, 2.05) is 12.1 Å². The minimum atomic E-state index is 0.301. The number of furan rings is 1. The first-order valence-corrected chi connectivity index (χ1v) is 11.9. The van der Waals surface area contributed by atoms with E-state index in [-0.39, 0.29) is 0 Å². The lowest BCUT2D eigenvalue weighted by Gasteiger charge is -2.26. The molecule has 2 aromatic rings. The Kier molecular flexibility index (Phi) is 7.27. The van der Waals surface area contributed by atoms with Crippen LogP contribution in [-0.2, 0) is 19.4 Å². The average Bonchev–Trinajstić information content (AvgIpc) is 3.51. The Bertz CT molecular complexity index is 842. The highest BCUT2D eigenvalue weighted by Crippen LogP contribution is 2.18. The van der Waals surface area contributed by atoms with Crippen molar-refractivity contribution in [2.75, 3.05) is 26.2 Å². The molecule has 8 nitrogen and oxygen atoms in total. The van der Waals surface area contributed by atoms with Gasteiger partial charge in [-0.25, -0.2) is 9.67 Å². The van der Waals surface area contributed by atoms with Crippen molar-refractivity contribution in [1.29, 1.82) is 0 Å². The summed E-state index contributed by atoms with van der Waals surface area (Å²) in [7, 11) is 0. The molecule has 170 valence electrons. The second kappa shape index (κ2) is 10.3. The third-order valence-corrected chi connectivity index (χ3v) is 6.34. The van der Waals surface area contributed by atoms with Crippen LogP contribution >= 0.6 is 0 Å². The lowest BCUT2D eigenvalue weighted by atomic mass is 10.1. The lowest BCUT2D eigenvalue weighted by molar-refractivity contribution is 0.272. The van der Waals surface area contributed by atoms with Gasteiger partial charge in [0.05, 0.1) is 19.4 Å². The quantitative estimate of drug-likeness (QED) is 0.498. The van der Waals surface area contributed by atoms with Gasteiger partial charge in [0, 0.05) is 37.4 Å². The van der Waals surface area contributed by atoms with Gasteiger partial charge in [0.25, 0.3) is 0 Å². The minimum Gasteiger partial charge on any atom is -0.469 e. The van der Waals surface area contributed by atoms with Crippen LogP contribution in [0.25, 0.3) is 0 Å². The lowest BCUT2D eigenvalue weighted by Crippen LogP contribution is -2.48. The van der Waals surface area contributed by atoms with Crippen LogP contribution in [0.2, 0.25) is 0 Å². The molecule has 2 aliphatic rings. The summed E-state index contributed by atoms with van der Waals surface area (Å²) in [4.78, 5) is 12.2. The van der Waals surface area contributed by atoms with Gasteiger partial charge >= 0.3 is 0 Å². The predicted molar refractivity (Wildman–Crippen MR) is 122 cm³/mol. The van der Waals surface area contributed by atoms with Crippen molar-refractivity contribution in [2.24, 2.45) is 4.99 Å². The molecule has 0 amide bonds. The molecule has 0 aromatic carbocycles. The van der Waals surface area contributed by atoms with E-state index in [1.54, 1.807) is 6.26 Å². The zero-order chi connectivity index (χ0) is 21.6. The van der Waals surface area contributed by atoms with E-state index in [9.17, 15) is 0 Å². The van der Waals surface area contributed by atoms with Crippen LogP contribution in [0.1, 0.15) is 63.4 Å². The van der Waals surface area contributed by atoms with Crippen molar-refractivity contribution >= 4 is 5.96 Å². The maximum atomic E-state index is 5.47. The number of likely N-dealkylation sites (tertiary alicyclic amines) is 1. The van der Waals surface area contributed by atoms with Crippen LogP contribution in [0.5, 0.6) is 0 Å². The molecule has 8 heteroatoms. The number of guanidine groups is 1. The maximum absolute atomic E-state index is 5.47. The van der Waals surface area contributed by atoms with E-state index in [4.69, 9.17) is 19.5 Å². The summed E-state index contributed by atoms with van der Waals surface area (Å²) in [5.41, 5.74) is 0. The molecule has 0 radical (unpaired) electrons. The first-order valence-electron chi connectivity index (χ1n) is 11.9. The summed E-state index contributed by atoms with van der Waals surface area (Å²) in [5.74, 6) is 4.30. The Balaban J connectivity index is 1.38.